The number of amides is 1. The third-order valence-electron chi connectivity index (χ3n) is 4.50. The maximum Gasteiger partial charge on any atom is 0.248 e. The van der Waals surface area contributed by atoms with Crippen LogP contribution in [0.25, 0.3) is 0 Å². The molecule has 0 saturated carbocycles. The summed E-state index contributed by atoms with van der Waals surface area (Å²) in [5.41, 5.74) is 0.0466. The molecule has 134 valence electrons. The van der Waals surface area contributed by atoms with E-state index in [1.54, 1.807) is 7.11 Å². The number of benzene rings is 1. The van der Waals surface area contributed by atoms with Crippen molar-refractivity contribution in [2.24, 2.45) is 0 Å². The number of hydrogen-bond donors (Lipinski definition) is 1. The minimum absolute atomic E-state index is 0.124. The summed E-state index contributed by atoms with van der Waals surface area (Å²) in [5, 5.41) is 11.4. The van der Waals surface area contributed by atoms with Gasteiger partial charge in [0, 0.05) is 18.0 Å². The standard InChI is InChI=1S/C18H24N4O3/c1-12(2)16-21-20-15-10-25-11-18(3,22(15)16)17(23)19-9-13-7-5-6-8-14(13)24-4/h5-8,12H,9-11H2,1-4H3,(H,19,23). The second kappa shape index (κ2) is 6.84. The van der Waals surface area contributed by atoms with Crippen LogP contribution < -0.4 is 10.1 Å². The van der Waals surface area contributed by atoms with E-state index in [9.17, 15) is 4.79 Å². The van der Waals surface area contributed by atoms with E-state index in [1.165, 1.54) is 0 Å². The number of para-hydroxylation sites is 1. The molecule has 7 heteroatoms. The molecule has 3 rings (SSSR count). The van der Waals surface area contributed by atoms with Crippen LogP contribution in [0.5, 0.6) is 5.75 Å². The molecule has 1 unspecified atom stereocenters. The Hall–Kier alpha value is -2.41. The summed E-state index contributed by atoms with van der Waals surface area (Å²) in [4.78, 5) is 13.0. The molecule has 2 aromatic rings. The molecule has 1 aromatic heterocycles. The highest BCUT2D eigenvalue weighted by Crippen LogP contribution is 2.29. The van der Waals surface area contributed by atoms with Gasteiger partial charge in [0.15, 0.2) is 5.82 Å². The van der Waals surface area contributed by atoms with Crippen LogP contribution in [0.15, 0.2) is 24.3 Å². The molecule has 1 atom stereocenters. The molecule has 25 heavy (non-hydrogen) atoms. The second-order valence-electron chi connectivity index (χ2n) is 6.73. The van der Waals surface area contributed by atoms with E-state index >= 15 is 0 Å². The molecule has 2 heterocycles. The van der Waals surface area contributed by atoms with Crippen LogP contribution in [-0.4, -0.2) is 34.4 Å². The van der Waals surface area contributed by atoms with Crippen molar-refractivity contribution in [3.8, 4) is 5.75 Å². The number of fused-ring (bicyclic) bond motifs is 1. The molecule has 1 aliphatic heterocycles. The maximum atomic E-state index is 13.0. The van der Waals surface area contributed by atoms with Crippen molar-refractivity contribution in [1.29, 1.82) is 0 Å². The molecule has 1 aliphatic rings. The molecule has 0 aliphatic carbocycles. The van der Waals surface area contributed by atoms with Crippen molar-refractivity contribution in [1.82, 2.24) is 20.1 Å². The van der Waals surface area contributed by atoms with Crippen LogP contribution in [0, 0.1) is 0 Å². The zero-order valence-electron chi connectivity index (χ0n) is 15.1. The number of ether oxygens (including phenoxy) is 2. The van der Waals surface area contributed by atoms with E-state index in [-0.39, 0.29) is 18.4 Å². The molecule has 1 N–H and O–H groups in total. The lowest BCUT2D eigenvalue weighted by Crippen LogP contribution is -2.53. The van der Waals surface area contributed by atoms with E-state index in [4.69, 9.17) is 9.47 Å². The Morgan fingerprint density at radius 1 is 1.40 bits per heavy atom. The first-order valence-electron chi connectivity index (χ1n) is 8.40. The first-order valence-corrected chi connectivity index (χ1v) is 8.40. The van der Waals surface area contributed by atoms with E-state index in [0.29, 0.717) is 19.0 Å². The van der Waals surface area contributed by atoms with Gasteiger partial charge >= 0.3 is 0 Å². The monoisotopic (exact) mass is 344 g/mol. The number of carbonyl (C=O) groups is 1. The van der Waals surface area contributed by atoms with Gasteiger partial charge in [-0.05, 0) is 13.0 Å². The highest BCUT2D eigenvalue weighted by molar-refractivity contribution is 5.84. The summed E-state index contributed by atoms with van der Waals surface area (Å²) in [6, 6.07) is 7.63. The normalized spacial score (nSPS) is 19.6. The molecule has 0 saturated heterocycles. The Labute approximate surface area is 147 Å². The fourth-order valence-electron chi connectivity index (χ4n) is 3.12. The SMILES string of the molecule is COc1ccccc1CNC(=O)C1(C)COCc2nnc(C(C)C)n21. The van der Waals surface area contributed by atoms with Gasteiger partial charge in [-0.2, -0.15) is 0 Å². The molecule has 0 bridgehead atoms. The molecule has 1 aromatic carbocycles. The molecule has 7 nitrogen and oxygen atoms in total. The first kappa shape index (κ1) is 17.4. The predicted octanol–water partition coefficient (Wildman–Crippen LogP) is 1.97. The molecular weight excluding hydrogens is 320 g/mol. The van der Waals surface area contributed by atoms with Gasteiger partial charge in [-0.15, -0.1) is 10.2 Å². The summed E-state index contributed by atoms with van der Waals surface area (Å²) in [7, 11) is 1.62. The Morgan fingerprint density at radius 2 is 2.16 bits per heavy atom. The average molecular weight is 344 g/mol. The quantitative estimate of drug-likeness (QED) is 0.897. The Bertz CT molecular complexity index is 771. The summed E-state index contributed by atoms with van der Waals surface area (Å²) < 4.78 is 12.9. The fraction of sp³-hybridized carbons (Fsp3) is 0.500. The van der Waals surface area contributed by atoms with Crippen molar-refractivity contribution in [2.75, 3.05) is 13.7 Å². The Kier molecular flexibility index (Phi) is 4.76. The Morgan fingerprint density at radius 3 is 2.88 bits per heavy atom. The van der Waals surface area contributed by atoms with Crippen LogP contribution in [0.2, 0.25) is 0 Å². The van der Waals surface area contributed by atoms with Gasteiger partial charge < -0.3 is 14.8 Å². The van der Waals surface area contributed by atoms with Crippen LogP contribution >= 0.6 is 0 Å². The number of methoxy groups -OCH3 is 1. The number of aromatic nitrogens is 3. The van der Waals surface area contributed by atoms with Crippen molar-refractivity contribution in [3.63, 3.8) is 0 Å². The van der Waals surface area contributed by atoms with Crippen LogP contribution in [0.4, 0.5) is 0 Å². The Balaban J connectivity index is 1.84. The third-order valence-corrected chi connectivity index (χ3v) is 4.50. The van der Waals surface area contributed by atoms with E-state index in [2.05, 4.69) is 15.5 Å². The number of nitrogens with zero attached hydrogens (tertiary/aromatic N) is 3. The topological polar surface area (TPSA) is 78.3 Å². The third kappa shape index (κ3) is 3.11. The second-order valence-corrected chi connectivity index (χ2v) is 6.73. The van der Waals surface area contributed by atoms with Gasteiger partial charge in [-0.25, -0.2) is 0 Å². The van der Waals surface area contributed by atoms with Crippen molar-refractivity contribution >= 4 is 5.91 Å². The minimum atomic E-state index is -0.876. The zero-order valence-corrected chi connectivity index (χ0v) is 15.1. The number of hydrogen-bond acceptors (Lipinski definition) is 5. The highest BCUT2D eigenvalue weighted by Gasteiger charge is 2.42. The minimum Gasteiger partial charge on any atom is -0.496 e. The van der Waals surface area contributed by atoms with Gasteiger partial charge in [-0.1, -0.05) is 32.0 Å². The lowest BCUT2D eigenvalue weighted by molar-refractivity contribution is -0.135. The van der Waals surface area contributed by atoms with Gasteiger partial charge in [0.1, 0.15) is 23.7 Å². The highest BCUT2D eigenvalue weighted by atomic mass is 16.5. The summed E-state index contributed by atoms with van der Waals surface area (Å²) >= 11 is 0. The molecular formula is C18H24N4O3. The molecule has 1 amide bonds. The van der Waals surface area contributed by atoms with Gasteiger partial charge in [0.05, 0.1) is 13.7 Å². The average Bonchev–Trinajstić information content (AvgIpc) is 3.06. The molecule has 0 spiro atoms. The van der Waals surface area contributed by atoms with E-state index in [0.717, 1.165) is 17.1 Å². The van der Waals surface area contributed by atoms with Gasteiger partial charge in [0.2, 0.25) is 5.91 Å². The molecule has 0 fully saturated rings. The van der Waals surface area contributed by atoms with Crippen LogP contribution in [-0.2, 0) is 28.2 Å². The van der Waals surface area contributed by atoms with E-state index in [1.807, 2.05) is 49.6 Å². The van der Waals surface area contributed by atoms with E-state index < -0.39 is 5.54 Å². The largest absolute Gasteiger partial charge is 0.496 e. The van der Waals surface area contributed by atoms with Crippen LogP contribution in [0.1, 0.15) is 43.9 Å². The smallest absolute Gasteiger partial charge is 0.248 e. The lowest BCUT2D eigenvalue weighted by Gasteiger charge is -2.35. The lowest BCUT2D eigenvalue weighted by atomic mass is 9.98. The number of rotatable bonds is 5. The summed E-state index contributed by atoms with van der Waals surface area (Å²) in [6.45, 7) is 6.99. The number of nitrogens with one attached hydrogen (secondary N) is 1. The maximum absolute atomic E-state index is 13.0. The van der Waals surface area contributed by atoms with Crippen molar-refractivity contribution in [3.05, 3.63) is 41.5 Å². The van der Waals surface area contributed by atoms with Crippen molar-refractivity contribution < 1.29 is 14.3 Å². The zero-order chi connectivity index (χ0) is 18.0. The summed E-state index contributed by atoms with van der Waals surface area (Å²) in [5.74, 6) is 2.28. The summed E-state index contributed by atoms with van der Waals surface area (Å²) in [6.07, 6.45) is 0. The van der Waals surface area contributed by atoms with Crippen molar-refractivity contribution in [2.45, 2.75) is 45.4 Å². The van der Waals surface area contributed by atoms with Crippen LogP contribution in [0.3, 0.4) is 0 Å². The van der Waals surface area contributed by atoms with Gasteiger partial charge in [0.25, 0.3) is 0 Å². The first-order chi connectivity index (χ1) is 12.0. The fourth-order valence-corrected chi connectivity index (χ4v) is 3.12. The predicted molar refractivity (Wildman–Crippen MR) is 92.3 cm³/mol. The number of carbonyl (C=O) groups excluding carboxylic acids is 1. The molecule has 0 radical (unpaired) electrons. The van der Waals surface area contributed by atoms with Gasteiger partial charge in [-0.3, -0.25) is 9.36 Å².